The summed E-state index contributed by atoms with van der Waals surface area (Å²) < 4.78 is 15.2. The van der Waals surface area contributed by atoms with E-state index in [4.69, 9.17) is 14.2 Å². The van der Waals surface area contributed by atoms with Crippen molar-refractivity contribution in [2.24, 2.45) is 0 Å². The molecule has 0 radical (unpaired) electrons. The second-order valence-corrected chi connectivity index (χ2v) is 9.37. The molecule has 0 bridgehead atoms. The number of aryl methyl sites for hydroxylation is 5. The van der Waals surface area contributed by atoms with Gasteiger partial charge in [-0.1, -0.05) is 114 Å². The standard InChI is InChI=1S/C12H12O.2C8H10O.C8H10.CH4/c1-9-6-7-11-10(8-9)4-3-5-12(11)13-2;2*1-7-3-5-8(9-2)6-4-7;1-7-3-5-8(2)6-4-7;/h3-8H,1-2H3;2*3-6H,1-2H3;3-6H,1-2H3;1H4. The molecule has 0 saturated heterocycles. The van der Waals surface area contributed by atoms with Crippen LogP contribution in [0.3, 0.4) is 0 Å². The van der Waals surface area contributed by atoms with Crippen LogP contribution in [0, 0.1) is 34.6 Å². The zero-order valence-electron chi connectivity index (χ0n) is 24.6. The third kappa shape index (κ3) is 12.1. The molecule has 40 heavy (non-hydrogen) atoms. The van der Waals surface area contributed by atoms with Crippen molar-refractivity contribution in [2.45, 2.75) is 42.0 Å². The van der Waals surface area contributed by atoms with Crippen LogP contribution in [0.4, 0.5) is 0 Å². The lowest BCUT2D eigenvalue weighted by Crippen LogP contribution is -1.84. The van der Waals surface area contributed by atoms with Gasteiger partial charge in [-0.15, -0.1) is 0 Å². The molecule has 5 aromatic rings. The average Bonchev–Trinajstić information content (AvgIpc) is 2.96. The van der Waals surface area contributed by atoms with Gasteiger partial charge in [-0.05, 0) is 70.3 Å². The minimum atomic E-state index is 0. The normalized spacial score (nSPS) is 9.30. The highest BCUT2D eigenvalue weighted by atomic mass is 16.5. The summed E-state index contributed by atoms with van der Waals surface area (Å²) in [5.41, 5.74) is 6.46. The fourth-order valence-corrected chi connectivity index (χ4v) is 3.54. The van der Waals surface area contributed by atoms with Crippen LogP contribution >= 0.6 is 0 Å². The van der Waals surface area contributed by atoms with E-state index in [0.29, 0.717) is 0 Å². The smallest absolute Gasteiger partial charge is 0.126 e. The van der Waals surface area contributed by atoms with E-state index in [1.54, 1.807) is 21.3 Å². The number of rotatable bonds is 3. The molecule has 0 atom stereocenters. The summed E-state index contributed by atoms with van der Waals surface area (Å²) in [6.07, 6.45) is 0. The minimum absolute atomic E-state index is 0. The van der Waals surface area contributed by atoms with E-state index < -0.39 is 0 Å². The van der Waals surface area contributed by atoms with Crippen molar-refractivity contribution in [3.8, 4) is 17.2 Å². The highest BCUT2D eigenvalue weighted by Gasteiger charge is 1.99. The highest BCUT2D eigenvalue weighted by Crippen LogP contribution is 2.25. The Morgan fingerprint density at radius 2 is 0.775 bits per heavy atom. The van der Waals surface area contributed by atoms with Crippen LogP contribution in [0.2, 0.25) is 0 Å². The summed E-state index contributed by atoms with van der Waals surface area (Å²) >= 11 is 0. The number of ether oxygens (including phenoxy) is 3. The summed E-state index contributed by atoms with van der Waals surface area (Å²) in [7, 11) is 5.05. The predicted octanol–water partition coefficient (Wildman–Crippen LogP) is 10.1. The molecular formula is C37H46O3. The van der Waals surface area contributed by atoms with Crippen LogP contribution in [0.1, 0.15) is 35.2 Å². The Balaban J connectivity index is 0.000000270. The van der Waals surface area contributed by atoms with Crippen LogP contribution in [-0.2, 0) is 0 Å². The maximum atomic E-state index is 5.27. The molecule has 3 heteroatoms. The summed E-state index contributed by atoms with van der Waals surface area (Å²) in [5, 5.41) is 2.41. The van der Waals surface area contributed by atoms with E-state index in [-0.39, 0.29) is 7.43 Å². The molecule has 5 aromatic carbocycles. The number of benzene rings is 5. The number of fused-ring (bicyclic) bond motifs is 1. The first-order valence-corrected chi connectivity index (χ1v) is 13.0. The molecule has 0 spiro atoms. The third-order valence-corrected chi connectivity index (χ3v) is 5.95. The zero-order valence-corrected chi connectivity index (χ0v) is 24.6. The average molecular weight is 539 g/mol. The second-order valence-electron chi connectivity index (χ2n) is 9.37. The van der Waals surface area contributed by atoms with Gasteiger partial charge in [-0.2, -0.15) is 0 Å². The monoisotopic (exact) mass is 538 g/mol. The highest BCUT2D eigenvalue weighted by molar-refractivity contribution is 5.88. The zero-order chi connectivity index (χ0) is 28.6. The molecule has 0 fully saturated rings. The fourth-order valence-electron chi connectivity index (χ4n) is 3.54. The largest absolute Gasteiger partial charge is 0.497 e. The van der Waals surface area contributed by atoms with E-state index in [1.807, 2.05) is 60.7 Å². The first kappa shape index (κ1) is 33.8. The van der Waals surface area contributed by atoms with Gasteiger partial charge in [0.1, 0.15) is 17.2 Å². The molecule has 0 saturated carbocycles. The van der Waals surface area contributed by atoms with Crippen molar-refractivity contribution >= 4 is 10.8 Å². The Morgan fingerprint density at radius 1 is 0.400 bits per heavy atom. The summed E-state index contributed by atoms with van der Waals surface area (Å²) in [4.78, 5) is 0. The van der Waals surface area contributed by atoms with E-state index in [0.717, 1.165) is 17.2 Å². The van der Waals surface area contributed by atoms with E-state index in [9.17, 15) is 0 Å². The number of methoxy groups -OCH3 is 3. The topological polar surface area (TPSA) is 27.7 Å². The van der Waals surface area contributed by atoms with Crippen LogP contribution in [0.25, 0.3) is 10.8 Å². The maximum absolute atomic E-state index is 5.27. The fraction of sp³-hybridized carbons (Fsp3) is 0.243. The van der Waals surface area contributed by atoms with E-state index in [2.05, 4.69) is 83.1 Å². The van der Waals surface area contributed by atoms with Crippen molar-refractivity contribution in [2.75, 3.05) is 21.3 Å². The van der Waals surface area contributed by atoms with Crippen molar-refractivity contribution in [3.05, 3.63) is 137 Å². The Morgan fingerprint density at radius 3 is 1.15 bits per heavy atom. The predicted molar refractivity (Wildman–Crippen MR) is 173 cm³/mol. The van der Waals surface area contributed by atoms with Crippen LogP contribution in [0.15, 0.2) is 109 Å². The SMILES string of the molecule is C.COc1ccc(C)cc1.COc1ccc(C)cc1.COc1cccc2cc(C)ccc12.Cc1ccc(C)cc1. The van der Waals surface area contributed by atoms with Gasteiger partial charge in [0.25, 0.3) is 0 Å². The van der Waals surface area contributed by atoms with Crippen LogP contribution in [0.5, 0.6) is 17.2 Å². The number of hydrogen-bond acceptors (Lipinski definition) is 3. The molecule has 212 valence electrons. The maximum Gasteiger partial charge on any atom is 0.126 e. The summed E-state index contributed by atoms with van der Waals surface area (Å²) in [5.74, 6) is 2.78. The number of hydrogen-bond donors (Lipinski definition) is 0. The lowest BCUT2D eigenvalue weighted by molar-refractivity contribution is 0.414. The van der Waals surface area contributed by atoms with Gasteiger partial charge >= 0.3 is 0 Å². The molecule has 0 N–H and O–H groups in total. The minimum Gasteiger partial charge on any atom is -0.497 e. The Bertz CT molecular complexity index is 1300. The van der Waals surface area contributed by atoms with Crippen molar-refractivity contribution in [1.29, 1.82) is 0 Å². The lowest BCUT2D eigenvalue weighted by Gasteiger charge is -2.05. The lowest BCUT2D eigenvalue weighted by atomic mass is 10.1. The molecule has 0 aliphatic rings. The Kier molecular flexibility index (Phi) is 15.3. The molecule has 0 amide bonds. The molecular weight excluding hydrogens is 492 g/mol. The molecule has 5 rings (SSSR count). The van der Waals surface area contributed by atoms with Crippen molar-refractivity contribution < 1.29 is 14.2 Å². The van der Waals surface area contributed by atoms with Crippen LogP contribution < -0.4 is 14.2 Å². The first-order valence-electron chi connectivity index (χ1n) is 13.0. The van der Waals surface area contributed by atoms with Crippen molar-refractivity contribution in [1.82, 2.24) is 0 Å². The quantitative estimate of drug-likeness (QED) is 0.229. The summed E-state index contributed by atoms with van der Waals surface area (Å²) in [6, 6.07) is 36.9. The second kappa shape index (κ2) is 18.1. The molecule has 0 aliphatic carbocycles. The Hall–Kier alpha value is -4.24. The molecule has 0 aliphatic heterocycles. The molecule has 0 unspecified atom stereocenters. The van der Waals surface area contributed by atoms with Crippen molar-refractivity contribution in [3.63, 3.8) is 0 Å². The van der Waals surface area contributed by atoms with Gasteiger partial charge in [-0.25, -0.2) is 0 Å². The van der Waals surface area contributed by atoms with Gasteiger partial charge in [-0.3, -0.25) is 0 Å². The molecule has 0 aromatic heterocycles. The van der Waals surface area contributed by atoms with Crippen LogP contribution in [-0.4, -0.2) is 21.3 Å². The van der Waals surface area contributed by atoms with Gasteiger partial charge in [0.2, 0.25) is 0 Å². The van der Waals surface area contributed by atoms with Gasteiger partial charge in [0.05, 0.1) is 21.3 Å². The molecule has 0 heterocycles. The van der Waals surface area contributed by atoms with Gasteiger partial charge in [0.15, 0.2) is 0 Å². The first-order chi connectivity index (χ1) is 18.7. The third-order valence-electron chi connectivity index (χ3n) is 5.95. The van der Waals surface area contributed by atoms with Gasteiger partial charge < -0.3 is 14.2 Å². The van der Waals surface area contributed by atoms with E-state index in [1.165, 1.54) is 38.6 Å². The van der Waals surface area contributed by atoms with Gasteiger partial charge in [0, 0.05) is 5.39 Å². The molecule has 3 nitrogen and oxygen atoms in total. The summed E-state index contributed by atoms with van der Waals surface area (Å²) in [6.45, 7) is 10.4. The Labute approximate surface area is 242 Å². The van der Waals surface area contributed by atoms with E-state index >= 15 is 0 Å².